The lowest BCUT2D eigenvalue weighted by atomic mass is 9.90. The number of hydrogen-bond acceptors (Lipinski definition) is 8. The highest BCUT2D eigenvalue weighted by atomic mass is 19.1. The van der Waals surface area contributed by atoms with Crippen molar-refractivity contribution in [3.63, 3.8) is 0 Å². The van der Waals surface area contributed by atoms with Crippen molar-refractivity contribution in [3.8, 4) is 34.3 Å². The number of phenolic OH excluding ortho intramolecular Hbond substituents is 2. The first-order valence-electron chi connectivity index (χ1n) is 16.2. The number of phenols is 2. The summed E-state index contributed by atoms with van der Waals surface area (Å²) < 4.78 is 26.3. The zero-order valence-electron chi connectivity index (χ0n) is 26.5. The molecule has 1 aliphatic heterocycles. The lowest BCUT2D eigenvalue weighted by molar-refractivity contribution is 0.0339. The molecular weight excluding hydrogens is 599 g/mol. The van der Waals surface area contributed by atoms with Gasteiger partial charge in [-0.3, -0.25) is 9.69 Å². The van der Waals surface area contributed by atoms with Gasteiger partial charge in [0.25, 0.3) is 5.91 Å². The smallest absolute Gasteiger partial charge is 0.257 e. The zero-order chi connectivity index (χ0) is 32.8. The molecule has 10 heteroatoms. The number of aromatic nitrogens is 1. The van der Waals surface area contributed by atoms with Gasteiger partial charge in [-0.1, -0.05) is 54.1 Å². The molecule has 4 N–H and O–H groups in total. The fraction of sp³-hybridized carbons (Fsp3) is 0.351. The van der Waals surface area contributed by atoms with Crippen molar-refractivity contribution >= 4 is 5.91 Å². The van der Waals surface area contributed by atoms with Crippen LogP contribution >= 0.6 is 0 Å². The van der Waals surface area contributed by atoms with E-state index in [0.29, 0.717) is 26.3 Å². The molecule has 246 valence electrons. The maximum Gasteiger partial charge on any atom is 0.257 e. The van der Waals surface area contributed by atoms with Crippen molar-refractivity contribution in [3.05, 3.63) is 101 Å². The molecule has 1 saturated heterocycles. The molecule has 9 nitrogen and oxygen atoms in total. The van der Waals surface area contributed by atoms with Crippen molar-refractivity contribution in [1.29, 1.82) is 0 Å². The summed E-state index contributed by atoms with van der Waals surface area (Å²) in [4.78, 5) is 20.0. The van der Waals surface area contributed by atoms with Crippen molar-refractivity contribution in [1.82, 2.24) is 20.5 Å². The number of rotatable bonds is 10. The molecule has 0 spiro atoms. The number of carbonyl (C=O) groups excluding carboxylic acids is 1. The number of aryl methyl sites for hydroxylation is 1. The molecular formula is C37H41FN4O5. The SMILES string of the molecule is Cc1ccc(O)c(CNC2CCC(NC(=O)c3cc(F)cnc3Oc3c(O)ccc(-c4ccccc4)c3CN3CCOCC3)CC2)c1. The van der Waals surface area contributed by atoms with Gasteiger partial charge in [-0.15, -0.1) is 0 Å². The van der Waals surface area contributed by atoms with E-state index in [1.807, 2.05) is 55.5 Å². The van der Waals surface area contributed by atoms with Gasteiger partial charge in [0.1, 0.15) is 17.1 Å². The number of aromatic hydroxyl groups is 2. The number of hydrogen-bond donors (Lipinski definition) is 4. The Morgan fingerprint density at radius 1 is 0.979 bits per heavy atom. The van der Waals surface area contributed by atoms with E-state index in [4.69, 9.17) is 9.47 Å². The van der Waals surface area contributed by atoms with Crippen LogP contribution in [0.1, 0.15) is 52.7 Å². The zero-order valence-corrected chi connectivity index (χ0v) is 26.5. The second-order valence-corrected chi connectivity index (χ2v) is 12.3. The highest BCUT2D eigenvalue weighted by Gasteiger charge is 2.27. The van der Waals surface area contributed by atoms with Crippen LogP contribution in [0.15, 0.2) is 72.9 Å². The first-order chi connectivity index (χ1) is 22.8. The summed E-state index contributed by atoms with van der Waals surface area (Å²) >= 11 is 0. The molecule has 4 aromatic rings. The third-order valence-electron chi connectivity index (χ3n) is 8.95. The Kier molecular flexibility index (Phi) is 10.3. The number of carbonyl (C=O) groups is 1. The van der Waals surface area contributed by atoms with Gasteiger partial charge in [0, 0.05) is 49.4 Å². The maximum absolute atomic E-state index is 14.5. The molecule has 0 unspecified atom stereocenters. The number of morpholine rings is 1. The number of nitrogens with zero attached hydrogens (tertiary/aromatic N) is 2. The van der Waals surface area contributed by atoms with Gasteiger partial charge < -0.3 is 30.3 Å². The molecule has 0 bridgehead atoms. The minimum atomic E-state index is -0.661. The molecule has 2 aliphatic rings. The summed E-state index contributed by atoms with van der Waals surface area (Å²) in [5.74, 6) is -0.875. The summed E-state index contributed by atoms with van der Waals surface area (Å²) in [5, 5.41) is 27.8. The molecule has 2 fully saturated rings. The monoisotopic (exact) mass is 640 g/mol. The third-order valence-corrected chi connectivity index (χ3v) is 8.95. The first kappa shape index (κ1) is 32.4. The van der Waals surface area contributed by atoms with Gasteiger partial charge in [-0.25, -0.2) is 9.37 Å². The van der Waals surface area contributed by atoms with Crippen LogP contribution in [0.4, 0.5) is 4.39 Å². The quantitative estimate of drug-likeness (QED) is 0.165. The Morgan fingerprint density at radius 3 is 2.47 bits per heavy atom. The summed E-state index contributed by atoms with van der Waals surface area (Å²) in [5.41, 5.74) is 4.48. The predicted octanol–water partition coefficient (Wildman–Crippen LogP) is 6.06. The minimum Gasteiger partial charge on any atom is -0.508 e. The highest BCUT2D eigenvalue weighted by Crippen LogP contribution is 2.41. The molecule has 1 aliphatic carbocycles. The van der Waals surface area contributed by atoms with Gasteiger partial charge in [-0.2, -0.15) is 0 Å². The molecule has 0 radical (unpaired) electrons. The molecule has 2 heterocycles. The van der Waals surface area contributed by atoms with Crippen molar-refractivity contribution in [2.24, 2.45) is 0 Å². The number of ether oxygens (including phenoxy) is 2. The molecule has 47 heavy (non-hydrogen) atoms. The number of nitrogens with one attached hydrogen (secondary N) is 2. The minimum absolute atomic E-state index is 0.0398. The largest absolute Gasteiger partial charge is 0.508 e. The van der Waals surface area contributed by atoms with Gasteiger partial charge in [0.2, 0.25) is 5.88 Å². The Balaban J connectivity index is 1.18. The van der Waals surface area contributed by atoms with Crippen molar-refractivity contribution in [2.45, 2.75) is 57.8 Å². The fourth-order valence-electron chi connectivity index (χ4n) is 6.34. The van der Waals surface area contributed by atoms with Crippen LogP contribution in [0.5, 0.6) is 23.1 Å². The molecule has 0 atom stereocenters. The summed E-state index contributed by atoms with van der Waals surface area (Å²) in [6, 6.07) is 20.1. The number of halogens is 1. The van der Waals surface area contributed by atoms with Crippen LogP contribution < -0.4 is 15.4 Å². The fourth-order valence-corrected chi connectivity index (χ4v) is 6.34. The molecule has 3 aromatic carbocycles. The van der Waals surface area contributed by atoms with Crippen LogP contribution in [0.2, 0.25) is 0 Å². The average molecular weight is 641 g/mol. The van der Waals surface area contributed by atoms with Gasteiger partial charge in [0.05, 0.1) is 19.4 Å². The summed E-state index contributed by atoms with van der Waals surface area (Å²) in [7, 11) is 0. The predicted molar refractivity (Wildman–Crippen MR) is 177 cm³/mol. The van der Waals surface area contributed by atoms with E-state index in [0.717, 1.165) is 78.9 Å². The number of amides is 1. The van der Waals surface area contributed by atoms with Gasteiger partial charge in [-0.05, 0) is 61.9 Å². The highest BCUT2D eigenvalue weighted by molar-refractivity contribution is 5.96. The summed E-state index contributed by atoms with van der Waals surface area (Å²) in [6.45, 7) is 5.69. The number of benzene rings is 3. The Morgan fingerprint density at radius 2 is 1.70 bits per heavy atom. The maximum atomic E-state index is 14.5. The van der Waals surface area contributed by atoms with Gasteiger partial charge in [0.15, 0.2) is 11.5 Å². The van der Waals surface area contributed by atoms with E-state index in [9.17, 15) is 19.4 Å². The van der Waals surface area contributed by atoms with E-state index < -0.39 is 11.7 Å². The topological polar surface area (TPSA) is 116 Å². The molecule has 1 aromatic heterocycles. The Labute approximate surface area is 274 Å². The van der Waals surface area contributed by atoms with E-state index in [1.54, 1.807) is 12.1 Å². The van der Waals surface area contributed by atoms with E-state index in [-0.39, 0.29) is 40.8 Å². The van der Waals surface area contributed by atoms with E-state index in [1.165, 1.54) is 0 Å². The van der Waals surface area contributed by atoms with Crippen LogP contribution in [0.25, 0.3) is 11.1 Å². The standard InChI is InChI=1S/C37H41FN4O5/c1-24-7-13-33(43)26(19-24)21-39-28-8-10-29(11-9-28)41-36(45)31-20-27(38)22-40-37(31)47-35-32(23-42-15-17-46-18-16-42)30(12-14-34(35)44)25-5-3-2-4-6-25/h2-7,12-14,19-20,22,28-29,39,43-44H,8-11,15-18,21,23H2,1H3,(H,41,45). The average Bonchev–Trinajstić information content (AvgIpc) is 3.09. The second kappa shape index (κ2) is 14.9. The van der Waals surface area contributed by atoms with Crippen LogP contribution in [0.3, 0.4) is 0 Å². The Bertz CT molecular complexity index is 1690. The van der Waals surface area contributed by atoms with Crippen LogP contribution in [0, 0.1) is 12.7 Å². The lowest BCUT2D eigenvalue weighted by Gasteiger charge is -2.30. The van der Waals surface area contributed by atoms with Crippen molar-refractivity contribution in [2.75, 3.05) is 26.3 Å². The van der Waals surface area contributed by atoms with Gasteiger partial charge >= 0.3 is 0 Å². The number of pyridine rings is 1. The first-order valence-corrected chi connectivity index (χ1v) is 16.2. The second-order valence-electron chi connectivity index (χ2n) is 12.3. The molecule has 1 saturated carbocycles. The van der Waals surface area contributed by atoms with Crippen molar-refractivity contribution < 1.29 is 28.9 Å². The lowest BCUT2D eigenvalue weighted by Crippen LogP contribution is -2.42. The van der Waals surface area contributed by atoms with E-state index >= 15 is 0 Å². The normalized spacial score (nSPS) is 18.5. The molecule has 6 rings (SSSR count). The third kappa shape index (κ3) is 8.08. The van der Waals surface area contributed by atoms with Crippen LogP contribution in [-0.2, 0) is 17.8 Å². The summed E-state index contributed by atoms with van der Waals surface area (Å²) in [6.07, 6.45) is 4.17. The molecule has 1 amide bonds. The Hall–Kier alpha value is -4.51. The van der Waals surface area contributed by atoms with E-state index in [2.05, 4.69) is 20.5 Å². The van der Waals surface area contributed by atoms with Crippen LogP contribution in [-0.4, -0.2) is 64.4 Å².